The topological polar surface area (TPSA) is 64.6 Å². The molecular weight excluding hydrogens is 309 g/mol. The number of anilines is 1. The molecule has 0 bridgehead atoms. The highest BCUT2D eigenvalue weighted by Crippen LogP contribution is 2.19. The predicted octanol–water partition coefficient (Wildman–Crippen LogP) is 2.65. The number of hydrogen-bond acceptors (Lipinski definition) is 4. The average molecular weight is 325 g/mol. The third-order valence-corrected chi connectivity index (χ3v) is 4.16. The van der Waals surface area contributed by atoms with Gasteiger partial charge in [0.25, 0.3) is 10.0 Å². The van der Waals surface area contributed by atoms with Crippen molar-refractivity contribution in [1.82, 2.24) is 0 Å². The summed E-state index contributed by atoms with van der Waals surface area (Å²) in [4.78, 5) is 0.0656. The fourth-order valence-corrected chi connectivity index (χ4v) is 2.77. The molecule has 0 heterocycles. The minimum absolute atomic E-state index is 0.0656. The first kappa shape index (κ1) is 16.3. The fraction of sp³-hybridized carbons (Fsp3) is 0.200. The third kappa shape index (κ3) is 4.44. The van der Waals surface area contributed by atoms with E-state index in [-0.39, 0.29) is 10.6 Å². The number of rotatable bonds is 7. The summed E-state index contributed by atoms with van der Waals surface area (Å²) in [6.45, 7) is 0.825. The monoisotopic (exact) mass is 325 g/mol. The summed E-state index contributed by atoms with van der Waals surface area (Å²) in [5.41, 5.74) is 0.167. The van der Waals surface area contributed by atoms with E-state index >= 15 is 0 Å². The molecule has 118 valence electrons. The van der Waals surface area contributed by atoms with E-state index in [1.54, 1.807) is 19.2 Å². The highest BCUT2D eigenvalue weighted by Gasteiger charge is 2.14. The van der Waals surface area contributed by atoms with Crippen molar-refractivity contribution in [2.24, 2.45) is 0 Å². The molecule has 0 unspecified atom stereocenters. The zero-order valence-corrected chi connectivity index (χ0v) is 12.8. The van der Waals surface area contributed by atoms with Crippen LogP contribution in [-0.4, -0.2) is 28.7 Å². The van der Waals surface area contributed by atoms with Gasteiger partial charge in [0, 0.05) is 7.11 Å². The number of ether oxygens (including phenoxy) is 2. The summed E-state index contributed by atoms with van der Waals surface area (Å²) in [7, 11) is -2.20. The van der Waals surface area contributed by atoms with E-state index in [4.69, 9.17) is 9.47 Å². The van der Waals surface area contributed by atoms with Crippen LogP contribution < -0.4 is 9.46 Å². The van der Waals surface area contributed by atoms with Crippen molar-refractivity contribution in [1.29, 1.82) is 0 Å². The van der Waals surface area contributed by atoms with Crippen LogP contribution in [0.4, 0.5) is 10.1 Å². The zero-order valence-electron chi connectivity index (χ0n) is 12.0. The fourth-order valence-electron chi connectivity index (χ4n) is 1.72. The Hall–Kier alpha value is -2.12. The summed E-state index contributed by atoms with van der Waals surface area (Å²) in [5.74, 6) is 0.0313. The maximum absolute atomic E-state index is 13.1. The van der Waals surface area contributed by atoms with Crippen molar-refractivity contribution in [2.75, 3.05) is 25.0 Å². The van der Waals surface area contributed by atoms with Gasteiger partial charge in [0.05, 0.1) is 17.2 Å². The van der Waals surface area contributed by atoms with E-state index in [2.05, 4.69) is 4.72 Å². The first-order valence-corrected chi connectivity index (χ1v) is 8.00. The summed E-state index contributed by atoms with van der Waals surface area (Å²) < 4.78 is 50.0. The molecule has 2 rings (SSSR count). The second-order valence-corrected chi connectivity index (χ2v) is 6.11. The van der Waals surface area contributed by atoms with Crippen LogP contribution in [0.25, 0.3) is 0 Å². The Morgan fingerprint density at radius 2 is 1.82 bits per heavy atom. The van der Waals surface area contributed by atoms with Crippen molar-refractivity contribution in [2.45, 2.75) is 4.90 Å². The SMILES string of the molecule is COCCOc1ccc(S(=O)(=O)Nc2cccc(F)c2)cc1. The Morgan fingerprint density at radius 3 is 2.45 bits per heavy atom. The first-order chi connectivity index (χ1) is 10.5. The molecule has 0 fully saturated rings. The molecule has 1 N–H and O–H groups in total. The Labute approximate surface area is 128 Å². The molecule has 0 atom stereocenters. The van der Waals surface area contributed by atoms with Crippen LogP contribution in [-0.2, 0) is 14.8 Å². The molecule has 0 aliphatic carbocycles. The molecule has 0 spiro atoms. The maximum Gasteiger partial charge on any atom is 0.261 e. The number of halogens is 1. The van der Waals surface area contributed by atoms with Gasteiger partial charge in [-0.15, -0.1) is 0 Å². The maximum atomic E-state index is 13.1. The van der Waals surface area contributed by atoms with Crippen molar-refractivity contribution in [3.8, 4) is 5.75 Å². The highest BCUT2D eigenvalue weighted by molar-refractivity contribution is 7.92. The number of methoxy groups -OCH3 is 1. The molecule has 0 aliphatic rings. The van der Waals surface area contributed by atoms with E-state index in [9.17, 15) is 12.8 Å². The summed E-state index contributed by atoms with van der Waals surface area (Å²) in [6, 6.07) is 11.2. The quantitative estimate of drug-likeness (QED) is 0.795. The molecule has 0 aromatic heterocycles. The second-order valence-electron chi connectivity index (χ2n) is 4.43. The normalized spacial score (nSPS) is 11.2. The van der Waals surface area contributed by atoms with Crippen LogP contribution in [0.15, 0.2) is 53.4 Å². The summed E-state index contributed by atoms with van der Waals surface area (Å²) >= 11 is 0. The lowest BCUT2D eigenvalue weighted by molar-refractivity contribution is 0.146. The average Bonchev–Trinajstić information content (AvgIpc) is 2.47. The Balaban J connectivity index is 2.09. The van der Waals surface area contributed by atoms with Gasteiger partial charge < -0.3 is 9.47 Å². The van der Waals surface area contributed by atoms with E-state index in [1.165, 1.54) is 30.3 Å². The van der Waals surface area contributed by atoms with Gasteiger partial charge in [0.15, 0.2) is 0 Å². The van der Waals surface area contributed by atoms with E-state index in [0.29, 0.717) is 19.0 Å². The van der Waals surface area contributed by atoms with Gasteiger partial charge in [-0.2, -0.15) is 0 Å². The second kappa shape index (κ2) is 7.24. The Kier molecular flexibility index (Phi) is 5.35. The van der Waals surface area contributed by atoms with Crippen LogP contribution in [0.3, 0.4) is 0 Å². The first-order valence-electron chi connectivity index (χ1n) is 6.51. The number of nitrogens with one attached hydrogen (secondary N) is 1. The van der Waals surface area contributed by atoms with Crippen LogP contribution in [0, 0.1) is 5.82 Å². The Morgan fingerprint density at radius 1 is 1.09 bits per heavy atom. The minimum Gasteiger partial charge on any atom is -0.491 e. The Bertz CT molecular complexity index is 717. The van der Waals surface area contributed by atoms with Gasteiger partial charge >= 0.3 is 0 Å². The van der Waals surface area contributed by atoms with Gasteiger partial charge in [0.1, 0.15) is 18.2 Å². The van der Waals surface area contributed by atoms with Gasteiger partial charge in [-0.25, -0.2) is 12.8 Å². The van der Waals surface area contributed by atoms with E-state index in [0.717, 1.165) is 6.07 Å². The van der Waals surface area contributed by atoms with Crippen LogP contribution in [0.5, 0.6) is 5.75 Å². The summed E-state index contributed by atoms with van der Waals surface area (Å²) in [6.07, 6.45) is 0. The van der Waals surface area contributed by atoms with Gasteiger partial charge in [0.2, 0.25) is 0 Å². The van der Waals surface area contributed by atoms with Gasteiger partial charge in [-0.1, -0.05) is 6.07 Å². The molecule has 5 nitrogen and oxygen atoms in total. The van der Waals surface area contributed by atoms with Crippen LogP contribution in [0.2, 0.25) is 0 Å². The number of hydrogen-bond donors (Lipinski definition) is 1. The molecule has 0 aliphatic heterocycles. The molecule has 22 heavy (non-hydrogen) atoms. The lowest BCUT2D eigenvalue weighted by atomic mass is 10.3. The lowest BCUT2D eigenvalue weighted by Crippen LogP contribution is -2.13. The molecule has 0 amide bonds. The number of sulfonamides is 1. The van der Waals surface area contributed by atoms with Gasteiger partial charge in [-0.05, 0) is 42.5 Å². The van der Waals surface area contributed by atoms with Crippen molar-refractivity contribution in [3.63, 3.8) is 0 Å². The highest BCUT2D eigenvalue weighted by atomic mass is 32.2. The molecule has 0 saturated carbocycles. The van der Waals surface area contributed by atoms with Crippen molar-refractivity contribution < 1.29 is 22.3 Å². The van der Waals surface area contributed by atoms with Crippen LogP contribution in [0.1, 0.15) is 0 Å². The predicted molar refractivity (Wildman–Crippen MR) is 81.0 cm³/mol. The van der Waals surface area contributed by atoms with Crippen molar-refractivity contribution in [3.05, 3.63) is 54.3 Å². The van der Waals surface area contributed by atoms with Crippen molar-refractivity contribution >= 4 is 15.7 Å². The van der Waals surface area contributed by atoms with E-state index in [1.807, 2.05) is 0 Å². The van der Waals surface area contributed by atoms with E-state index < -0.39 is 15.8 Å². The molecule has 2 aromatic carbocycles. The zero-order chi connectivity index (χ0) is 16.0. The largest absolute Gasteiger partial charge is 0.491 e. The number of benzene rings is 2. The minimum atomic E-state index is -3.77. The molecule has 0 radical (unpaired) electrons. The summed E-state index contributed by atoms with van der Waals surface area (Å²) in [5, 5.41) is 0. The molecule has 0 saturated heterocycles. The third-order valence-electron chi connectivity index (χ3n) is 2.77. The van der Waals surface area contributed by atoms with Crippen LogP contribution >= 0.6 is 0 Å². The van der Waals surface area contributed by atoms with Gasteiger partial charge in [-0.3, -0.25) is 4.72 Å². The smallest absolute Gasteiger partial charge is 0.261 e. The molecule has 7 heteroatoms. The molecule has 2 aromatic rings. The molecular formula is C15H16FNO4S. The lowest BCUT2D eigenvalue weighted by Gasteiger charge is -2.09. The standard InChI is InChI=1S/C15H16FNO4S/c1-20-9-10-21-14-5-7-15(8-6-14)22(18,19)17-13-4-2-3-12(16)11-13/h2-8,11,17H,9-10H2,1H3.